The van der Waals surface area contributed by atoms with Gasteiger partial charge in [-0.05, 0) is 47.3 Å². The second kappa shape index (κ2) is 7.41. The first-order valence-electron chi connectivity index (χ1n) is 7.20. The Balaban J connectivity index is 2.16. The number of aryl methyl sites for hydroxylation is 1. The van der Waals surface area contributed by atoms with E-state index in [-0.39, 0.29) is 6.04 Å². The monoisotopic (exact) mass is 348 g/mol. The Bertz CT molecular complexity index is 601. The van der Waals surface area contributed by atoms with E-state index < -0.39 is 0 Å². The summed E-state index contributed by atoms with van der Waals surface area (Å²) < 4.78 is 0.866. The third-order valence-corrected chi connectivity index (χ3v) is 3.87. The fraction of sp³-hybridized carbons (Fsp3) is 0.375. The molecule has 0 saturated carbocycles. The van der Waals surface area contributed by atoms with E-state index in [0.717, 1.165) is 23.3 Å². The lowest BCUT2D eigenvalue weighted by molar-refractivity contribution is 0.858. The summed E-state index contributed by atoms with van der Waals surface area (Å²) in [5.74, 6) is 1.46. The fourth-order valence-electron chi connectivity index (χ4n) is 2.15. The quantitative estimate of drug-likeness (QED) is 0.804. The van der Waals surface area contributed by atoms with Gasteiger partial charge in [-0.15, -0.1) is 0 Å². The zero-order chi connectivity index (χ0) is 15.2. The second-order valence-electron chi connectivity index (χ2n) is 5.04. The maximum absolute atomic E-state index is 4.52. The van der Waals surface area contributed by atoms with E-state index in [1.54, 1.807) is 6.20 Å². The van der Waals surface area contributed by atoms with Gasteiger partial charge in [0, 0.05) is 12.7 Å². The van der Waals surface area contributed by atoms with Gasteiger partial charge in [0.15, 0.2) is 0 Å². The predicted octanol–water partition coefficient (Wildman–Crippen LogP) is 4.54. The minimum Gasteiger partial charge on any atom is -0.362 e. The standard InChI is InChI=1S/C16H21BrN4/c1-4-9-18-16-19-10-14(17)15(21-16)20-12(3)13-8-6-5-7-11(13)2/h5-8,10,12H,4,9H2,1-3H3,(H2,18,19,20,21). The highest BCUT2D eigenvalue weighted by atomic mass is 79.9. The Labute approximate surface area is 134 Å². The molecule has 0 radical (unpaired) electrons. The third-order valence-electron chi connectivity index (χ3n) is 3.29. The minimum atomic E-state index is 0.177. The van der Waals surface area contributed by atoms with Crippen molar-refractivity contribution in [3.63, 3.8) is 0 Å². The molecule has 0 bridgehead atoms. The van der Waals surface area contributed by atoms with E-state index in [9.17, 15) is 0 Å². The summed E-state index contributed by atoms with van der Waals surface area (Å²) in [6.07, 6.45) is 2.82. The minimum absolute atomic E-state index is 0.177. The van der Waals surface area contributed by atoms with Crippen LogP contribution in [0.1, 0.15) is 37.4 Å². The zero-order valence-electron chi connectivity index (χ0n) is 12.7. The summed E-state index contributed by atoms with van der Waals surface area (Å²) in [4.78, 5) is 8.79. The molecule has 0 saturated heterocycles. The molecular formula is C16H21BrN4. The lowest BCUT2D eigenvalue weighted by Crippen LogP contribution is -2.12. The molecule has 112 valence electrons. The van der Waals surface area contributed by atoms with Crippen LogP contribution in [-0.4, -0.2) is 16.5 Å². The Hall–Kier alpha value is -1.62. The highest BCUT2D eigenvalue weighted by Crippen LogP contribution is 2.26. The second-order valence-corrected chi connectivity index (χ2v) is 5.89. The van der Waals surface area contributed by atoms with E-state index >= 15 is 0 Å². The van der Waals surface area contributed by atoms with Crippen molar-refractivity contribution in [2.24, 2.45) is 0 Å². The van der Waals surface area contributed by atoms with Gasteiger partial charge in [-0.25, -0.2) is 4.98 Å². The van der Waals surface area contributed by atoms with E-state index in [2.05, 4.69) is 81.6 Å². The molecule has 1 aromatic heterocycles. The molecule has 5 heteroatoms. The topological polar surface area (TPSA) is 49.8 Å². The molecule has 2 aromatic rings. The van der Waals surface area contributed by atoms with E-state index in [4.69, 9.17) is 0 Å². The van der Waals surface area contributed by atoms with Crippen LogP contribution in [0.5, 0.6) is 0 Å². The van der Waals surface area contributed by atoms with Crippen molar-refractivity contribution in [3.8, 4) is 0 Å². The first kappa shape index (κ1) is 15.8. The summed E-state index contributed by atoms with van der Waals surface area (Å²) in [5, 5.41) is 6.65. The number of nitrogens with zero attached hydrogens (tertiary/aromatic N) is 2. The predicted molar refractivity (Wildman–Crippen MR) is 91.7 cm³/mol. The van der Waals surface area contributed by atoms with E-state index in [0.29, 0.717) is 5.95 Å². The third kappa shape index (κ3) is 4.17. The normalized spacial score (nSPS) is 12.0. The van der Waals surface area contributed by atoms with Gasteiger partial charge in [-0.3, -0.25) is 0 Å². The highest BCUT2D eigenvalue weighted by molar-refractivity contribution is 9.10. The molecule has 2 N–H and O–H groups in total. The number of anilines is 2. The molecule has 2 rings (SSSR count). The zero-order valence-corrected chi connectivity index (χ0v) is 14.2. The molecule has 1 atom stereocenters. The molecule has 0 fully saturated rings. The lowest BCUT2D eigenvalue weighted by Gasteiger charge is -2.18. The average molecular weight is 349 g/mol. The molecule has 0 aliphatic carbocycles. The molecule has 0 spiro atoms. The van der Waals surface area contributed by atoms with Gasteiger partial charge in [-0.1, -0.05) is 31.2 Å². The molecule has 0 aliphatic rings. The van der Waals surface area contributed by atoms with Crippen molar-refractivity contribution < 1.29 is 0 Å². The Morgan fingerprint density at radius 2 is 2.05 bits per heavy atom. The van der Waals surface area contributed by atoms with Crippen LogP contribution < -0.4 is 10.6 Å². The maximum atomic E-state index is 4.52. The summed E-state index contributed by atoms with van der Waals surface area (Å²) in [7, 11) is 0. The van der Waals surface area contributed by atoms with Gasteiger partial charge in [0.2, 0.25) is 5.95 Å². The Morgan fingerprint density at radius 1 is 1.29 bits per heavy atom. The number of aromatic nitrogens is 2. The number of rotatable bonds is 6. The van der Waals surface area contributed by atoms with Gasteiger partial charge in [-0.2, -0.15) is 4.98 Å². The molecule has 1 aromatic carbocycles. The Kier molecular flexibility index (Phi) is 5.56. The van der Waals surface area contributed by atoms with Crippen LogP contribution in [0.3, 0.4) is 0 Å². The largest absolute Gasteiger partial charge is 0.362 e. The lowest BCUT2D eigenvalue weighted by atomic mass is 10.0. The first-order valence-corrected chi connectivity index (χ1v) is 7.99. The smallest absolute Gasteiger partial charge is 0.224 e. The van der Waals surface area contributed by atoms with Crippen LogP contribution in [0.25, 0.3) is 0 Å². The van der Waals surface area contributed by atoms with Crippen LogP contribution in [0.15, 0.2) is 34.9 Å². The van der Waals surface area contributed by atoms with Crippen LogP contribution >= 0.6 is 15.9 Å². The number of hydrogen-bond donors (Lipinski definition) is 2. The van der Waals surface area contributed by atoms with Crippen LogP contribution in [-0.2, 0) is 0 Å². The highest BCUT2D eigenvalue weighted by Gasteiger charge is 2.11. The van der Waals surface area contributed by atoms with Crippen molar-refractivity contribution in [2.45, 2.75) is 33.2 Å². The van der Waals surface area contributed by atoms with Crippen molar-refractivity contribution in [1.82, 2.24) is 9.97 Å². The molecule has 0 amide bonds. The van der Waals surface area contributed by atoms with Gasteiger partial charge in [0.1, 0.15) is 5.82 Å². The number of nitrogens with one attached hydrogen (secondary N) is 2. The summed E-state index contributed by atoms with van der Waals surface area (Å²) in [6, 6.07) is 8.55. The first-order chi connectivity index (χ1) is 10.1. The summed E-state index contributed by atoms with van der Waals surface area (Å²) >= 11 is 3.50. The van der Waals surface area contributed by atoms with Crippen LogP contribution in [0.4, 0.5) is 11.8 Å². The number of hydrogen-bond acceptors (Lipinski definition) is 4. The summed E-state index contributed by atoms with van der Waals surface area (Å²) in [5.41, 5.74) is 2.54. The maximum Gasteiger partial charge on any atom is 0.224 e. The molecular weight excluding hydrogens is 328 g/mol. The molecule has 0 aliphatic heterocycles. The fourth-order valence-corrected chi connectivity index (χ4v) is 2.45. The SMILES string of the molecule is CCCNc1ncc(Br)c(NC(C)c2ccccc2C)n1. The molecule has 1 heterocycles. The number of benzene rings is 1. The molecule has 1 unspecified atom stereocenters. The summed E-state index contributed by atoms with van der Waals surface area (Å²) in [6.45, 7) is 7.24. The molecule has 21 heavy (non-hydrogen) atoms. The van der Waals surface area contributed by atoms with Crippen molar-refractivity contribution in [2.75, 3.05) is 17.2 Å². The average Bonchev–Trinajstić information content (AvgIpc) is 2.48. The van der Waals surface area contributed by atoms with Crippen molar-refractivity contribution >= 4 is 27.7 Å². The van der Waals surface area contributed by atoms with Crippen molar-refractivity contribution in [1.29, 1.82) is 0 Å². The van der Waals surface area contributed by atoms with Crippen LogP contribution in [0.2, 0.25) is 0 Å². The van der Waals surface area contributed by atoms with Gasteiger partial charge in [0.05, 0.1) is 10.5 Å². The van der Waals surface area contributed by atoms with Crippen LogP contribution in [0, 0.1) is 6.92 Å². The van der Waals surface area contributed by atoms with E-state index in [1.807, 2.05) is 0 Å². The van der Waals surface area contributed by atoms with Gasteiger partial charge in [0.25, 0.3) is 0 Å². The van der Waals surface area contributed by atoms with Gasteiger partial charge < -0.3 is 10.6 Å². The van der Waals surface area contributed by atoms with E-state index in [1.165, 1.54) is 11.1 Å². The molecule has 4 nitrogen and oxygen atoms in total. The number of halogens is 1. The van der Waals surface area contributed by atoms with Gasteiger partial charge >= 0.3 is 0 Å². The van der Waals surface area contributed by atoms with Crippen molar-refractivity contribution in [3.05, 3.63) is 46.1 Å². The Morgan fingerprint density at radius 3 is 2.76 bits per heavy atom.